The molecule has 2 aromatic rings. The molecule has 460 valence electrons. The maximum Gasteiger partial charge on any atom is 0.406 e. The molecular weight excluding hydrogens is 1080 g/mol. The number of methoxy groups -OCH3 is 1. The summed E-state index contributed by atoms with van der Waals surface area (Å²) in [6.45, 7) is 12.6. The second kappa shape index (κ2) is 23.1. The van der Waals surface area contributed by atoms with E-state index >= 15 is 22.8 Å². The third-order valence-electron chi connectivity index (χ3n) is 21.3. The fourth-order valence-corrected chi connectivity index (χ4v) is 16.4. The number of nitrogens with one attached hydrogen (secondary N) is 2. The van der Waals surface area contributed by atoms with Crippen LogP contribution in [0.1, 0.15) is 122 Å². The molecule has 1 aromatic carbocycles. The molecule has 1 spiro atoms. The minimum atomic E-state index is -4.57. The number of benzene rings is 1. The van der Waals surface area contributed by atoms with Gasteiger partial charge >= 0.3 is 12.1 Å². The van der Waals surface area contributed by atoms with Crippen LogP contribution in [0.3, 0.4) is 0 Å². The number of piperazine rings is 1. The van der Waals surface area contributed by atoms with Gasteiger partial charge in [-0.3, -0.25) is 48.8 Å². The lowest BCUT2D eigenvalue weighted by molar-refractivity contribution is -0.156. The molecule has 13 rings (SSSR count). The van der Waals surface area contributed by atoms with Crippen molar-refractivity contribution < 1.29 is 46.6 Å². The summed E-state index contributed by atoms with van der Waals surface area (Å²) in [5.41, 5.74) is 6.17. The maximum atomic E-state index is 15.3. The van der Waals surface area contributed by atoms with E-state index in [-0.39, 0.29) is 60.6 Å². The molecule has 1 aromatic heterocycles. The van der Waals surface area contributed by atoms with E-state index < -0.39 is 54.4 Å². The monoisotopic (exact) mass is 1170 g/mol. The van der Waals surface area contributed by atoms with Gasteiger partial charge in [0, 0.05) is 136 Å². The van der Waals surface area contributed by atoms with Crippen LogP contribution in [0.4, 0.5) is 18.9 Å². The molecule has 3 aliphatic carbocycles. The molecule has 11 aliphatic rings. The van der Waals surface area contributed by atoms with Crippen LogP contribution in [-0.2, 0) is 46.4 Å². The average Bonchev–Trinajstić information content (AvgIpc) is 1.76. The van der Waals surface area contributed by atoms with Crippen molar-refractivity contribution in [3.05, 3.63) is 35.2 Å². The number of morpholine rings is 1. The van der Waals surface area contributed by atoms with Crippen molar-refractivity contribution in [1.29, 1.82) is 0 Å². The highest BCUT2D eigenvalue weighted by Gasteiger charge is 2.59. The van der Waals surface area contributed by atoms with Gasteiger partial charge in [-0.25, -0.2) is 5.43 Å². The van der Waals surface area contributed by atoms with Crippen molar-refractivity contribution >= 4 is 52.1 Å². The van der Waals surface area contributed by atoms with Crippen molar-refractivity contribution in [3.63, 3.8) is 0 Å². The summed E-state index contributed by atoms with van der Waals surface area (Å²) in [4.78, 5) is 77.7. The van der Waals surface area contributed by atoms with Crippen LogP contribution < -0.4 is 15.6 Å². The van der Waals surface area contributed by atoms with Crippen LogP contribution in [0.25, 0.3) is 16.5 Å². The molecule has 18 nitrogen and oxygen atoms in total. The van der Waals surface area contributed by atoms with Crippen molar-refractivity contribution in [2.75, 3.05) is 104 Å². The third kappa shape index (κ3) is 11.9. The number of likely N-dealkylation sites (tertiary alicyclic amines) is 2. The minimum absolute atomic E-state index is 0.00903. The molecule has 9 heterocycles. The molecule has 2 N–H and O–H groups in total. The van der Waals surface area contributed by atoms with E-state index in [2.05, 4.69) is 47.2 Å². The fourth-order valence-electron chi connectivity index (χ4n) is 16.4. The molecule has 21 heteroatoms. The van der Waals surface area contributed by atoms with Gasteiger partial charge in [0.2, 0.25) is 11.8 Å². The summed E-state index contributed by atoms with van der Waals surface area (Å²) >= 11 is 0. The van der Waals surface area contributed by atoms with Gasteiger partial charge in [-0.1, -0.05) is 26.7 Å². The van der Waals surface area contributed by atoms with E-state index in [1.54, 1.807) is 7.11 Å². The van der Waals surface area contributed by atoms with E-state index in [0.717, 1.165) is 101 Å². The topological polar surface area (TPSA) is 160 Å². The first-order valence-corrected chi connectivity index (χ1v) is 32.0. The zero-order chi connectivity index (χ0) is 58.4. The zero-order valence-electron chi connectivity index (χ0n) is 50.2. The number of carbonyl (C=O) groups is 4. The minimum Gasteiger partial charge on any atom is -0.464 e. The van der Waals surface area contributed by atoms with Crippen molar-refractivity contribution in [3.8, 4) is 0 Å². The molecule has 84 heavy (non-hydrogen) atoms. The van der Waals surface area contributed by atoms with Crippen LogP contribution >= 0.6 is 0 Å². The highest BCUT2D eigenvalue weighted by Crippen LogP contribution is 2.49. The summed E-state index contributed by atoms with van der Waals surface area (Å²) in [7, 11) is 3.68. The van der Waals surface area contributed by atoms with Gasteiger partial charge in [-0.05, 0) is 133 Å². The number of carbonyl (C=O) groups excluding carboxylic acids is 4. The lowest BCUT2D eigenvalue weighted by atomic mass is 9.83. The van der Waals surface area contributed by atoms with Gasteiger partial charge < -0.3 is 33.9 Å². The number of amides is 3. The molecule has 8 aliphatic heterocycles. The molecular formula is C63H90F3N11O7. The Hall–Kier alpha value is -4.64. The Morgan fingerprint density at radius 2 is 1.69 bits per heavy atom. The maximum absolute atomic E-state index is 15.3. The average molecular weight is 1170 g/mol. The first-order chi connectivity index (χ1) is 40.3. The number of fused-ring (bicyclic) bond motifs is 6. The van der Waals surface area contributed by atoms with Gasteiger partial charge in [-0.15, -0.1) is 0 Å². The molecule has 9 fully saturated rings. The number of hydrazine groups is 1. The van der Waals surface area contributed by atoms with Gasteiger partial charge in [0.1, 0.15) is 24.7 Å². The summed E-state index contributed by atoms with van der Waals surface area (Å²) < 4.78 is 66.0. The molecule has 10 atom stereocenters. The quantitative estimate of drug-likeness (QED) is 0.193. The number of likely N-dealkylation sites (N-methyl/N-ethyl adjacent to an activating group) is 1. The number of rotatable bonds is 12. The molecule has 0 radical (unpaired) electrons. The Morgan fingerprint density at radius 1 is 0.929 bits per heavy atom. The molecule has 2 unspecified atom stereocenters. The number of aliphatic imine (C=N–C) groups is 1. The molecule has 6 saturated heterocycles. The van der Waals surface area contributed by atoms with E-state index in [1.807, 2.05) is 45.2 Å². The number of alkyl halides is 3. The van der Waals surface area contributed by atoms with Gasteiger partial charge in [0.15, 0.2) is 0 Å². The smallest absolute Gasteiger partial charge is 0.406 e. The van der Waals surface area contributed by atoms with Crippen LogP contribution in [0.15, 0.2) is 28.9 Å². The highest BCUT2D eigenvalue weighted by molar-refractivity contribution is 5.95. The second-order valence-electron chi connectivity index (χ2n) is 28.0. The van der Waals surface area contributed by atoms with Gasteiger partial charge in [0.05, 0.1) is 42.9 Å². The third-order valence-corrected chi connectivity index (χ3v) is 21.3. The standard InChI is InChI=1S/C63H90F3N11O7/c1-39(82-5)52-47(30-44(33-67-52)72-25-23-71(24-26-72)42-14-15-42)55-48-32-61(2,3)38-84-60(81)49-11-8-20-77(69-49)58(79)50(31-45-34-73(27-28-83-45)43-16-17-51(46(48)29-43)76(55)37-63(64,65)66)68-57(78)54(40-9-6-7-10-40)74-21-18-62(35-74)19-22-75(36-62)59(80)56-53(70(56)4)41-12-13-41/h16-17,29,33,39-42,44-45,49-50,53-54,56,69H,6-15,18-28,30-32,34-38H2,1-5H3,(H,68,78)/t39-,44?,45-,49-,50-,53+,54-,56+,62-,70?/m0/s1. The number of cyclic esters (lactones) is 1. The summed E-state index contributed by atoms with van der Waals surface area (Å²) in [5.74, 6) is -0.0336. The largest absolute Gasteiger partial charge is 0.464 e. The summed E-state index contributed by atoms with van der Waals surface area (Å²) in [5, 5.41) is 5.51. The number of anilines is 1. The summed E-state index contributed by atoms with van der Waals surface area (Å²) in [6, 6.07) is 4.31. The van der Waals surface area contributed by atoms with Crippen LogP contribution in [0, 0.1) is 22.7 Å². The predicted molar refractivity (Wildman–Crippen MR) is 313 cm³/mol. The highest BCUT2D eigenvalue weighted by atomic mass is 19.4. The number of ether oxygens (including phenoxy) is 3. The Bertz CT molecular complexity index is 2890. The lowest BCUT2D eigenvalue weighted by Gasteiger charge is -2.40. The van der Waals surface area contributed by atoms with E-state index in [1.165, 1.54) is 35.3 Å². The Balaban J connectivity index is 0.814. The van der Waals surface area contributed by atoms with E-state index in [9.17, 15) is 9.59 Å². The fraction of sp³-hybridized carbons (Fsp3) is 0.762. The summed E-state index contributed by atoms with van der Waals surface area (Å²) in [6.07, 6.45) is 8.80. The van der Waals surface area contributed by atoms with Crippen molar-refractivity contribution in [2.45, 2.75) is 184 Å². The van der Waals surface area contributed by atoms with E-state index in [4.69, 9.17) is 19.2 Å². The number of nitrogens with zero attached hydrogens (tertiary/aromatic N) is 9. The van der Waals surface area contributed by atoms with E-state index in [0.29, 0.717) is 92.3 Å². The number of esters is 1. The van der Waals surface area contributed by atoms with Gasteiger partial charge in [-0.2, -0.15) is 13.2 Å². The Labute approximate surface area is 493 Å². The first-order valence-electron chi connectivity index (χ1n) is 32.0. The Kier molecular flexibility index (Phi) is 16.1. The Morgan fingerprint density at radius 3 is 2.43 bits per heavy atom. The van der Waals surface area contributed by atoms with Crippen LogP contribution in [0.5, 0.6) is 0 Å². The normalized spacial score (nSPS) is 33.0. The lowest BCUT2D eigenvalue weighted by Crippen LogP contribution is -2.62. The van der Waals surface area contributed by atoms with Crippen LogP contribution in [-0.4, -0.2) is 224 Å². The molecule has 3 saturated carbocycles. The number of aromatic nitrogens is 1. The SMILES string of the molecule is CO[C@@H](C)C1=C(c2c3c4cc(ccc4n2CC(F)(F)F)N2CCO[C@@H](C[C@H](NC(=O)[C@H](C4CCCC4)N4CC[C@]5(CCN(C(=O)[C@H]6[C@@H](C7CC7)N6C)C5)C4)C(=O)N4CCC[C@H](N4)C(=O)OCC(C)(C)C3)C2)CC(N2CCN(C3CC3)CC2)C=N1. The number of hydrogen-bond donors (Lipinski definition) is 2. The second-order valence-corrected chi connectivity index (χ2v) is 28.0. The van der Waals surface area contributed by atoms with Crippen LogP contribution in [0.2, 0.25) is 0 Å². The first kappa shape index (κ1) is 58.4. The molecule has 6 bridgehead atoms. The molecule has 3 amide bonds. The zero-order valence-corrected chi connectivity index (χ0v) is 50.2. The predicted octanol–water partition coefficient (Wildman–Crippen LogP) is 5.85. The van der Waals surface area contributed by atoms with Crippen molar-refractivity contribution in [2.24, 2.45) is 27.7 Å². The number of halogens is 3. The number of hydrogen-bond acceptors (Lipinski definition) is 14. The van der Waals surface area contributed by atoms with Gasteiger partial charge in [0.25, 0.3) is 5.91 Å². The van der Waals surface area contributed by atoms with Crippen molar-refractivity contribution in [1.82, 2.24) is 44.8 Å².